The number of nitrogens with one attached hydrogen (secondary N) is 1. The number of fused-ring (bicyclic) bond motifs is 3. The van der Waals surface area contributed by atoms with Gasteiger partial charge in [-0.3, -0.25) is 0 Å². The average molecular weight is 327 g/mol. The van der Waals surface area contributed by atoms with Gasteiger partial charge in [-0.25, -0.2) is 8.42 Å². The van der Waals surface area contributed by atoms with Crippen LogP contribution in [0.15, 0.2) is 24.3 Å². The van der Waals surface area contributed by atoms with Crippen LogP contribution in [-0.2, 0) is 23.0 Å². The lowest BCUT2D eigenvalue weighted by molar-refractivity contribution is 0.388. The molecule has 2 heterocycles. The molecule has 1 N–H and O–H groups in total. The fourth-order valence-electron chi connectivity index (χ4n) is 2.89. The maximum absolute atomic E-state index is 12.5. The number of hydrogen-bond donors (Lipinski definition) is 1. The molecule has 0 aliphatic carbocycles. The van der Waals surface area contributed by atoms with Crippen LogP contribution in [-0.4, -0.2) is 35.9 Å². The molecule has 0 spiro atoms. The standard InChI is InChI=1S/C15H19ClN2O2S/c1-11(8-16)10-21(19,20)18-7-6-15-13(9-18)12-4-2-3-5-14(12)17-15/h2-5,11,17H,6-10H2,1H3. The maximum atomic E-state index is 12.5. The fraction of sp³-hybridized carbons (Fsp3) is 0.467. The number of H-pyrrole nitrogens is 1. The minimum atomic E-state index is -3.25. The molecule has 21 heavy (non-hydrogen) atoms. The van der Waals surface area contributed by atoms with Crippen molar-refractivity contribution in [2.24, 2.45) is 5.92 Å². The molecule has 0 bridgehead atoms. The number of hydrogen-bond acceptors (Lipinski definition) is 2. The molecule has 114 valence electrons. The predicted molar refractivity (Wildman–Crippen MR) is 86.1 cm³/mol. The Hall–Kier alpha value is -1.04. The highest BCUT2D eigenvalue weighted by molar-refractivity contribution is 7.89. The van der Waals surface area contributed by atoms with Crippen LogP contribution in [0, 0.1) is 5.92 Å². The van der Waals surface area contributed by atoms with Crippen LogP contribution in [0.5, 0.6) is 0 Å². The molecular weight excluding hydrogens is 308 g/mol. The number of sulfonamides is 1. The van der Waals surface area contributed by atoms with Crippen molar-refractivity contribution >= 4 is 32.5 Å². The molecule has 0 saturated heterocycles. The van der Waals surface area contributed by atoms with E-state index in [1.807, 2.05) is 31.2 Å². The number of aromatic amines is 1. The van der Waals surface area contributed by atoms with Crippen molar-refractivity contribution in [1.82, 2.24) is 9.29 Å². The third kappa shape index (κ3) is 2.82. The summed E-state index contributed by atoms with van der Waals surface area (Å²) >= 11 is 5.75. The monoisotopic (exact) mass is 326 g/mol. The van der Waals surface area contributed by atoms with Gasteiger partial charge >= 0.3 is 0 Å². The number of alkyl halides is 1. The molecule has 1 aliphatic heterocycles. The molecule has 4 nitrogen and oxygen atoms in total. The summed E-state index contributed by atoms with van der Waals surface area (Å²) in [6.45, 7) is 2.86. The van der Waals surface area contributed by atoms with Crippen molar-refractivity contribution in [1.29, 1.82) is 0 Å². The van der Waals surface area contributed by atoms with Gasteiger partial charge in [0.25, 0.3) is 0 Å². The van der Waals surface area contributed by atoms with Crippen LogP contribution >= 0.6 is 11.6 Å². The Labute approximate surface area is 130 Å². The van der Waals surface area contributed by atoms with E-state index in [9.17, 15) is 8.42 Å². The molecule has 0 amide bonds. The molecule has 0 radical (unpaired) electrons. The third-order valence-electron chi connectivity index (χ3n) is 4.00. The van der Waals surface area contributed by atoms with E-state index in [0.717, 1.165) is 28.6 Å². The van der Waals surface area contributed by atoms with Crippen LogP contribution in [0.1, 0.15) is 18.2 Å². The second kappa shape index (κ2) is 5.63. The van der Waals surface area contributed by atoms with Crippen LogP contribution in [0.25, 0.3) is 10.9 Å². The molecule has 2 aromatic rings. The van der Waals surface area contributed by atoms with Crippen LogP contribution in [0.2, 0.25) is 0 Å². The van der Waals surface area contributed by atoms with Crippen molar-refractivity contribution in [3.05, 3.63) is 35.5 Å². The van der Waals surface area contributed by atoms with E-state index < -0.39 is 10.0 Å². The van der Waals surface area contributed by atoms with Gasteiger partial charge in [0.15, 0.2) is 0 Å². The normalized spacial score (nSPS) is 17.8. The zero-order valence-corrected chi connectivity index (χ0v) is 13.5. The van der Waals surface area contributed by atoms with E-state index in [1.165, 1.54) is 0 Å². The van der Waals surface area contributed by atoms with E-state index in [2.05, 4.69) is 4.98 Å². The van der Waals surface area contributed by atoms with Crippen LogP contribution in [0.3, 0.4) is 0 Å². The Morgan fingerprint density at radius 3 is 2.90 bits per heavy atom. The Balaban J connectivity index is 1.90. The largest absolute Gasteiger partial charge is 0.358 e. The molecule has 1 aliphatic rings. The lowest BCUT2D eigenvalue weighted by Gasteiger charge is -2.27. The summed E-state index contributed by atoms with van der Waals surface area (Å²) in [5.41, 5.74) is 3.35. The van der Waals surface area contributed by atoms with Gasteiger partial charge in [0.05, 0.1) is 5.75 Å². The third-order valence-corrected chi connectivity index (χ3v) is 6.62. The van der Waals surface area contributed by atoms with E-state index in [0.29, 0.717) is 19.0 Å². The number of aromatic nitrogens is 1. The Kier molecular flexibility index (Phi) is 3.99. The molecular formula is C15H19ClN2O2S. The van der Waals surface area contributed by atoms with E-state index in [4.69, 9.17) is 11.6 Å². The highest BCUT2D eigenvalue weighted by atomic mass is 35.5. The van der Waals surface area contributed by atoms with Gasteiger partial charge in [0, 0.05) is 42.0 Å². The first kappa shape index (κ1) is 14.9. The Morgan fingerprint density at radius 2 is 2.14 bits per heavy atom. The number of nitrogens with zero attached hydrogens (tertiary/aromatic N) is 1. The fourth-order valence-corrected chi connectivity index (χ4v) is 4.87. The summed E-state index contributed by atoms with van der Waals surface area (Å²) in [7, 11) is -3.25. The zero-order valence-electron chi connectivity index (χ0n) is 12.0. The van der Waals surface area contributed by atoms with E-state index in [1.54, 1.807) is 4.31 Å². The van der Waals surface area contributed by atoms with E-state index in [-0.39, 0.29) is 11.7 Å². The lowest BCUT2D eigenvalue weighted by atomic mass is 10.1. The molecule has 1 atom stereocenters. The quantitative estimate of drug-likeness (QED) is 0.878. The average Bonchev–Trinajstić information content (AvgIpc) is 2.84. The Bertz CT molecular complexity index is 754. The van der Waals surface area contributed by atoms with Gasteiger partial charge in [-0.1, -0.05) is 25.1 Å². The first-order chi connectivity index (χ1) is 10.0. The molecule has 0 saturated carbocycles. The molecule has 0 fully saturated rings. The minimum absolute atomic E-state index is 0.0268. The van der Waals surface area contributed by atoms with Crippen molar-refractivity contribution < 1.29 is 8.42 Å². The van der Waals surface area contributed by atoms with Crippen molar-refractivity contribution in [3.63, 3.8) is 0 Å². The summed E-state index contributed by atoms with van der Waals surface area (Å²) in [5, 5.41) is 1.12. The van der Waals surface area contributed by atoms with Gasteiger partial charge in [-0.05, 0) is 17.5 Å². The SMILES string of the molecule is CC(CCl)CS(=O)(=O)N1CCc2[nH]c3ccccc3c2C1. The zero-order chi connectivity index (χ0) is 15.0. The summed E-state index contributed by atoms with van der Waals surface area (Å²) < 4.78 is 26.6. The number of halogens is 1. The second-order valence-corrected chi connectivity index (χ2v) is 8.07. The van der Waals surface area contributed by atoms with Gasteiger partial charge < -0.3 is 4.98 Å². The summed E-state index contributed by atoms with van der Waals surface area (Å²) in [5.74, 6) is 0.459. The minimum Gasteiger partial charge on any atom is -0.358 e. The molecule has 3 rings (SSSR count). The Morgan fingerprint density at radius 1 is 1.38 bits per heavy atom. The first-order valence-corrected chi connectivity index (χ1v) is 9.28. The van der Waals surface area contributed by atoms with Crippen LogP contribution in [0.4, 0.5) is 0 Å². The summed E-state index contributed by atoms with van der Waals surface area (Å²) in [4.78, 5) is 3.40. The second-order valence-electron chi connectivity index (χ2n) is 5.75. The molecule has 1 aromatic carbocycles. The van der Waals surface area contributed by atoms with Gasteiger partial charge in [-0.2, -0.15) is 4.31 Å². The molecule has 6 heteroatoms. The number of para-hydroxylation sites is 1. The van der Waals surface area contributed by atoms with Crippen molar-refractivity contribution in [3.8, 4) is 0 Å². The first-order valence-electron chi connectivity index (χ1n) is 7.13. The smallest absolute Gasteiger partial charge is 0.214 e. The van der Waals surface area contributed by atoms with Gasteiger partial charge in [0.1, 0.15) is 0 Å². The highest BCUT2D eigenvalue weighted by Gasteiger charge is 2.29. The number of benzene rings is 1. The highest BCUT2D eigenvalue weighted by Crippen LogP contribution is 2.29. The van der Waals surface area contributed by atoms with E-state index >= 15 is 0 Å². The maximum Gasteiger partial charge on any atom is 0.214 e. The van der Waals surface area contributed by atoms with Crippen LogP contribution < -0.4 is 0 Å². The summed E-state index contributed by atoms with van der Waals surface area (Å²) in [6, 6.07) is 8.05. The topological polar surface area (TPSA) is 53.2 Å². The predicted octanol–water partition coefficient (Wildman–Crippen LogP) is 2.73. The lowest BCUT2D eigenvalue weighted by Crippen LogP contribution is -2.38. The molecule has 1 unspecified atom stereocenters. The molecule has 1 aromatic heterocycles. The van der Waals surface area contributed by atoms with Gasteiger partial charge in [0.2, 0.25) is 10.0 Å². The van der Waals surface area contributed by atoms with Gasteiger partial charge in [-0.15, -0.1) is 11.6 Å². The summed E-state index contributed by atoms with van der Waals surface area (Å²) in [6.07, 6.45) is 0.735. The van der Waals surface area contributed by atoms with Crippen molar-refractivity contribution in [2.45, 2.75) is 19.9 Å². The van der Waals surface area contributed by atoms with Crippen molar-refractivity contribution in [2.75, 3.05) is 18.2 Å². The number of rotatable bonds is 4.